The molecule has 0 heterocycles. The minimum Gasteiger partial charge on any atom is -0.480 e. The summed E-state index contributed by atoms with van der Waals surface area (Å²) in [5.74, 6) is -1.83. The molecule has 2 amide bonds. The first-order chi connectivity index (χ1) is 20.0. The van der Waals surface area contributed by atoms with Crippen LogP contribution < -0.4 is 10.6 Å². The van der Waals surface area contributed by atoms with E-state index in [0.29, 0.717) is 12.0 Å². The number of hydrogen-bond acceptors (Lipinski definition) is 3. The number of carboxylic acids is 1. The van der Waals surface area contributed by atoms with Crippen LogP contribution in [0.5, 0.6) is 0 Å². The van der Waals surface area contributed by atoms with E-state index in [0.717, 1.165) is 24.8 Å². The van der Waals surface area contributed by atoms with Crippen LogP contribution in [0, 0.1) is 0 Å². The average molecular weight is 565 g/mol. The second-order valence-electron chi connectivity index (χ2n) is 11.2. The summed E-state index contributed by atoms with van der Waals surface area (Å²) in [7, 11) is 0. The maximum Gasteiger partial charge on any atom is 0.326 e. The fraction of sp³-hybridized carbons (Fsp3) is 0.571. The molecule has 3 N–H and O–H groups in total. The molecule has 0 aromatic heterocycles. The maximum absolute atomic E-state index is 13.2. The molecule has 2 aromatic rings. The van der Waals surface area contributed by atoms with Crippen molar-refractivity contribution >= 4 is 17.8 Å². The molecule has 41 heavy (non-hydrogen) atoms. The monoisotopic (exact) mass is 564 g/mol. The second-order valence-corrected chi connectivity index (χ2v) is 11.2. The number of carbonyl (C=O) groups excluding carboxylic acids is 2. The predicted octanol–water partition coefficient (Wildman–Crippen LogP) is 7.92. The number of carbonyl (C=O) groups is 3. The standard InChI is InChI=1S/C35H52N2O4/c1-2-3-4-5-6-7-8-9-10-11-12-13-14-15-22-27-32(38)37-33(30-25-20-17-21-26-30)34(39)36-31(35(40)41)28-29-23-18-16-19-24-29/h16-21,23-26,31,33H,2-15,22,27-28H2,1H3,(H,36,39)(H,37,38)(H,40,41)/t31-,33+/m0/s1. The SMILES string of the molecule is CCCCCCCCCCCCCCCCCC(=O)N[C@@H](C(=O)N[C@@H](Cc1ccccc1)C(=O)O)c1ccccc1. The lowest BCUT2D eigenvalue weighted by atomic mass is 10.0. The van der Waals surface area contributed by atoms with Crippen molar-refractivity contribution in [1.82, 2.24) is 10.6 Å². The van der Waals surface area contributed by atoms with Crippen molar-refractivity contribution in [3.8, 4) is 0 Å². The maximum atomic E-state index is 13.2. The van der Waals surface area contributed by atoms with Gasteiger partial charge in [0.05, 0.1) is 0 Å². The Bertz CT molecular complexity index is 980. The first kappa shape index (κ1) is 34.1. The molecular weight excluding hydrogens is 512 g/mol. The number of aliphatic carboxylic acids is 1. The molecule has 0 saturated heterocycles. The zero-order chi connectivity index (χ0) is 29.5. The Hall–Kier alpha value is -3.15. The van der Waals surface area contributed by atoms with Crippen molar-refractivity contribution in [2.24, 2.45) is 0 Å². The van der Waals surface area contributed by atoms with Crippen LogP contribution in [-0.2, 0) is 20.8 Å². The van der Waals surface area contributed by atoms with Gasteiger partial charge in [-0.1, -0.05) is 157 Å². The molecular formula is C35H52N2O4. The Morgan fingerprint density at radius 1 is 0.634 bits per heavy atom. The lowest BCUT2D eigenvalue weighted by Crippen LogP contribution is -2.48. The van der Waals surface area contributed by atoms with Crippen LogP contribution in [0.2, 0.25) is 0 Å². The average Bonchev–Trinajstić information content (AvgIpc) is 2.98. The van der Waals surface area contributed by atoms with E-state index in [1.807, 2.05) is 36.4 Å². The van der Waals surface area contributed by atoms with Crippen LogP contribution in [0.3, 0.4) is 0 Å². The second kappa shape index (κ2) is 21.6. The third-order valence-corrected chi connectivity index (χ3v) is 7.61. The minimum absolute atomic E-state index is 0.163. The molecule has 2 atom stereocenters. The van der Waals surface area contributed by atoms with Gasteiger partial charge >= 0.3 is 5.97 Å². The van der Waals surface area contributed by atoms with Crippen molar-refractivity contribution in [2.75, 3.05) is 0 Å². The Morgan fingerprint density at radius 2 is 1.10 bits per heavy atom. The van der Waals surface area contributed by atoms with Crippen LogP contribution in [0.25, 0.3) is 0 Å². The van der Waals surface area contributed by atoms with Gasteiger partial charge in [-0.3, -0.25) is 9.59 Å². The Balaban J connectivity index is 1.68. The zero-order valence-electron chi connectivity index (χ0n) is 25.1. The first-order valence-corrected chi connectivity index (χ1v) is 15.9. The normalized spacial score (nSPS) is 12.4. The number of nitrogens with one attached hydrogen (secondary N) is 2. The van der Waals surface area contributed by atoms with Crippen LogP contribution in [0.4, 0.5) is 0 Å². The quantitative estimate of drug-likeness (QED) is 0.119. The summed E-state index contributed by atoms with van der Waals surface area (Å²) in [6.07, 6.45) is 19.4. The molecule has 6 nitrogen and oxygen atoms in total. The van der Waals surface area contributed by atoms with Gasteiger partial charge in [-0.2, -0.15) is 0 Å². The minimum atomic E-state index is -1.11. The smallest absolute Gasteiger partial charge is 0.326 e. The molecule has 2 aromatic carbocycles. The highest BCUT2D eigenvalue weighted by molar-refractivity contribution is 5.91. The summed E-state index contributed by atoms with van der Waals surface area (Å²) in [6.45, 7) is 2.26. The molecule has 0 aliphatic carbocycles. The first-order valence-electron chi connectivity index (χ1n) is 15.9. The van der Waals surface area contributed by atoms with Gasteiger partial charge in [0.15, 0.2) is 0 Å². The fourth-order valence-electron chi connectivity index (χ4n) is 5.14. The summed E-state index contributed by atoms with van der Waals surface area (Å²) >= 11 is 0. The van der Waals surface area contributed by atoms with E-state index < -0.39 is 24.0 Å². The van der Waals surface area contributed by atoms with E-state index in [-0.39, 0.29) is 12.3 Å². The summed E-state index contributed by atoms with van der Waals surface area (Å²) in [6, 6.07) is 16.1. The van der Waals surface area contributed by atoms with Crippen LogP contribution >= 0.6 is 0 Å². The number of benzene rings is 2. The predicted molar refractivity (Wildman–Crippen MR) is 167 cm³/mol. The lowest BCUT2D eigenvalue weighted by Gasteiger charge is -2.22. The Labute approximate surface area is 247 Å². The van der Waals surface area contributed by atoms with Crippen molar-refractivity contribution < 1.29 is 19.5 Å². The van der Waals surface area contributed by atoms with Gasteiger partial charge in [-0.15, -0.1) is 0 Å². The van der Waals surface area contributed by atoms with E-state index >= 15 is 0 Å². The summed E-state index contributed by atoms with van der Waals surface area (Å²) in [5.41, 5.74) is 1.44. The van der Waals surface area contributed by atoms with E-state index in [2.05, 4.69) is 17.6 Å². The third kappa shape index (κ3) is 15.4. The molecule has 0 bridgehead atoms. The van der Waals surface area contributed by atoms with Gasteiger partial charge in [-0.05, 0) is 17.5 Å². The molecule has 2 rings (SSSR count). The molecule has 6 heteroatoms. The molecule has 0 aliphatic heterocycles. The molecule has 0 saturated carbocycles. The largest absolute Gasteiger partial charge is 0.480 e. The summed E-state index contributed by atoms with van der Waals surface area (Å²) in [4.78, 5) is 37.9. The van der Waals surface area contributed by atoms with E-state index in [1.165, 1.54) is 77.0 Å². The van der Waals surface area contributed by atoms with Gasteiger partial charge in [0.2, 0.25) is 11.8 Å². The summed E-state index contributed by atoms with van der Waals surface area (Å²) < 4.78 is 0. The zero-order valence-corrected chi connectivity index (χ0v) is 25.1. The third-order valence-electron chi connectivity index (χ3n) is 7.61. The van der Waals surface area contributed by atoms with Gasteiger partial charge in [0.1, 0.15) is 12.1 Å². The number of hydrogen-bond donors (Lipinski definition) is 3. The molecule has 226 valence electrons. The van der Waals surface area contributed by atoms with Gasteiger partial charge in [0, 0.05) is 12.8 Å². The number of unbranched alkanes of at least 4 members (excludes halogenated alkanes) is 14. The fourth-order valence-corrected chi connectivity index (χ4v) is 5.14. The number of amides is 2. The van der Waals surface area contributed by atoms with Crippen molar-refractivity contribution in [3.05, 3.63) is 71.8 Å². The van der Waals surface area contributed by atoms with Crippen LogP contribution in [0.15, 0.2) is 60.7 Å². The van der Waals surface area contributed by atoms with Crippen LogP contribution in [-0.4, -0.2) is 28.9 Å². The van der Waals surface area contributed by atoms with E-state index in [9.17, 15) is 19.5 Å². The van der Waals surface area contributed by atoms with Crippen molar-refractivity contribution in [1.29, 1.82) is 0 Å². The highest BCUT2D eigenvalue weighted by atomic mass is 16.4. The van der Waals surface area contributed by atoms with Gasteiger partial charge in [0.25, 0.3) is 0 Å². The molecule has 0 aliphatic rings. The van der Waals surface area contributed by atoms with Gasteiger partial charge < -0.3 is 15.7 Å². The summed E-state index contributed by atoms with van der Waals surface area (Å²) in [5, 5.41) is 15.2. The van der Waals surface area contributed by atoms with E-state index in [4.69, 9.17) is 0 Å². The van der Waals surface area contributed by atoms with Gasteiger partial charge in [-0.25, -0.2) is 4.79 Å². The highest BCUT2D eigenvalue weighted by Crippen LogP contribution is 2.16. The molecule has 0 radical (unpaired) electrons. The highest BCUT2D eigenvalue weighted by Gasteiger charge is 2.27. The molecule has 0 unspecified atom stereocenters. The van der Waals surface area contributed by atoms with Crippen molar-refractivity contribution in [3.63, 3.8) is 0 Å². The Morgan fingerprint density at radius 3 is 1.59 bits per heavy atom. The van der Waals surface area contributed by atoms with Crippen molar-refractivity contribution in [2.45, 2.75) is 128 Å². The topological polar surface area (TPSA) is 95.5 Å². The lowest BCUT2D eigenvalue weighted by molar-refractivity contribution is -0.142. The van der Waals surface area contributed by atoms with Crippen LogP contribution in [0.1, 0.15) is 127 Å². The molecule has 0 fully saturated rings. The number of carboxylic acid groups (broad SMARTS) is 1. The number of rotatable bonds is 23. The Kier molecular flexibility index (Phi) is 17.9. The molecule has 0 spiro atoms. The van der Waals surface area contributed by atoms with E-state index in [1.54, 1.807) is 24.3 Å².